The molecule has 20 heavy (non-hydrogen) atoms. The van der Waals surface area contributed by atoms with Crippen LogP contribution in [0.2, 0.25) is 10.4 Å². The van der Waals surface area contributed by atoms with Crippen LogP contribution >= 0.6 is 23.2 Å². The summed E-state index contributed by atoms with van der Waals surface area (Å²) in [5.41, 5.74) is 0.775. The number of fused-ring (bicyclic) bond motifs is 2. The first-order chi connectivity index (χ1) is 9.54. The third-order valence-corrected chi connectivity index (χ3v) is 4.58. The zero-order chi connectivity index (χ0) is 14.0. The minimum absolute atomic E-state index is 0.0358. The summed E-state index contributed by atoms with van der Waals surface area (Å²) in [5.74, 6) is 1.52. The van der Waals surface area contributed by atoms with Gasteiger partial charge in [0.25, 0.3) is 0 Å². The Labute approximate surface area is 124 Å². The van der Waals surface area contributed by atoms with E-state index >= 15 is 0 Å². The number of nitrogens with zero attached hydrogens (tertiary/aromatic N) is 4. The Kier molecular flexibility index (Phi) is 2.60. The van der Waals surface area contributed by atoms with Gasteiger partial charge in [0.05, 0.1) is 11.1 Å². The lowest BCUT2D eigenvalue weighted by atomic mass is 10.2. The molecule has 3 heterocycles. The highest BCUT2D eigenvalue weighted by Crippen LogP contribution is 2.47. The molecule has 2 atom stereocenters. The molecule has 1 saturated heterocycles. The van der Waals surface area contributed by atoms with Gasteiger partial charge in [0.15, 0.2) is 11.0 Å². The topological polar surface area (TPSA) is 41.9 Å². The van der Waals surface area contributed by atoms with Crippen molar-refractivity contribution < 1.29 is 4.39 Å². The molecule has 0 aromatic carbocycles. The molecule has 1 saturated carbocycles. The lowest BCUT2D eigenvalue weighted by molar-refractivity contribution is 0.630. The van der Waals surface area contributed by atoms with E-state index in [1.54, 1.807) is 6.92 Å². The molecule has 104 valence electrons. The normalized spacial score (nSPS) is 24.3. The molecule has 1 aliphatic heterocycles. The van der Waals surface area contributed by atoms with E-state index < -0.39 is 5.82 Å². The summed E-state index contributed by atoms with van der Waals surface area (Å²) < 4.78 is 14.1. The Morgan fingerprint density at radius 1 is 1.15 bits per heavy atom. The quantitative estimate of drug-likeness (QED) is 0.599. The van der Waals surface area contributed by atoms with Gasteiger partial charge in [-0.3, -0.25) is 0 Å². The number of halogens is 3. The van der Waals surface area contributed by atoms with Crippen molar-refractivity contribution in [3.63, 3.8) is 0 Å². The number of aromatic nitrogens is 3. The van der Waals surface area contributed by atoms with Gasteiger partial charge in [0.1, 0.15) is 11.3 Å². The van der Waals surface area contributed by atoms with Crippen LogP contribution < -0.4 is 4.90 Å². The summed E-state index contributed by atoms with van der Waals surface area (Å²) in [5, 5.41) is 0.464. The van der Waals surface area contributed by atoms with Crippen LogP contribution in [-0.4, -0.2) is 28.0 Å². The van der Waals surface area contributed by atoms with Crippen LogP contribution in [-0.2, 0) is 0 Å². The fourth-order valence-electron chi connectivity index (χ4n) is 3.06. The zero-order valence-electron chi connectivity index (χ0n) is 10.7. The molecular formula is C13H11Cl2FN4. The Bertz CT molecular complexity index is 726. The van der Waals surface area contributed by atoms with E-state index in [1.807, 2.05) is 0 Å². The van der Waals surface area contributed by atoms with Crippen LogP contribution in [0.1, 0.15) is 12.1 Å². The molecular weight excluding hydrogens is 302 g/mol. The van der Waals surface area contributed by atoms with Crippen LogP contribution in [0.5, 0.6) is 0 Å². The van der Waals surface area contributed by atoms with E-state index in [2.05, 4.69) is 19.9 Å². The lowest BCUT2D eigenvalue weighted by Crippen LogP contribution is -2.24. The van der Waals surface area contributed by atoms with Gasteiger partial charge in [-0.15, -0.1) is 0 Å². The van der Waals surface area contributed by atoms with Gasteiger partial charge in [-0.05, 0) is 36.8 Å². The minimum Gasteiger partial charge on any atom is -0.355 e. The molecule has 0 amide bonds. The first-order valence-corrected chi connectivity index (χ1v) is 7.24. The van der Waals surface area contributed by atoms with E-state index in [4.69, 9.17) is 23.2 Å². The van der Waals surface area contributed by atoms with Crippen molar-refractivity contribution in [3.8, 4) is 0 Å². The Morgan fingerprint density at radius 3 is 2.55 bits per heavy atom. The number of piperidine rings is 1. The molecule has 7 heteroatoms. The van der Waals surface area contributed by atoms with E-state index in [0.29, 0.717) is 16.9 Å². The maximum Gasteiger partial charge on any atom is 0.225 e. The number of anilines is 1. The molecule has 4 nitrogen and oxygen atoms in total. The largest absolute Gasteiger partial charge is 0.355 e. The predicted octanol–water partition coefficient (Wildman–Crippen LogP) is 3.24. The molecule has 2 unspecified atom stereocenters. The van der Waals surface area contributed by atoms with Crippen molar-refractivity contribution in [1.29, 1.82) is 0 Å². The summed E-state index contributed by atoms with van der Waals surface area (Å²) in [6, 6.07) is 0. The van der Waals surface area contributed by atoms with E-state index in [9.17, 15) is 4.39 Å². The first kappa shape index (κ1) is 12.5. The van der Waals surface area contributed by atoms with Crippen LogP contribution in [0.4, 0.5) is 10.2 Å². The lowest BCUT2D eigenvalue weighted by Gasteiger charge is -2.21. The highest BCUT2D eigenvalue weighted by molar-refractivity contribution is 6.31. The monoisotopic (exact) mass is 312 g/mol. The summed E-state index contributed by atoms with van der Waals surface area (Å²) >= 11 is 11.7. The SMILES string of the molecule is Cc1nc(Cl)c(F)c2nc(Cl)nc(N3CC4CC4C3)c12. The van der Waals surface area contributed by atoms with Gasteiger partial charge in [0.2, 0.25) is 5.28 Å². The Morgan fingerprint density at radius 2 is 1.85 bits per heavy atom. The van der Waals surface area contributed by atoms with E-state index in [1.165, 1.54) is 6.42 Å². The van der Waals surface area contributed by atoms with Gasteiger partial charge in [-0.1, -0.05) is 11.6 Å². The van der Waals surface area contributed by atoms with Crippen LogP contribution in [0, 0.1) is 24.6 Å². The van der Waals surface area contributed by atoms with Crippen molar-refractivity contribution >= 4 is 39.9 Å². The number of hydrogen-bond donors (Lipinski definition) is 0. The van der Waals surface area contributed by atoms with E-state index in [-0.39, 0.29) is 16.0 Å². The number of pyridine rings is 1. The van der Waals surface area contributed by atoms with Gasteiger partial charge in [0, 0.05) is 13.1 Å². The van der Waals surface area contributed by atoms with Gasteiger partial charge < -0.3 is 4.90 Å². The molecule has 2 fully saturated rings. The highest BCUT2D eigenvalue weighted by Gasteiger charge is 2.46. The minimum atomic E-state index is -0.637. The Hall–Kier alpha value is -1.20. The van der Waals surface area contributed by atoms with Crippen molar-refractivity contribution in [2.75, 3.05) is 18.0 Å². The van der Waals surface area contributed by atoms with Crippen molar-refractivity contribution in [3.05, 3.63) is 21.9 Å². The second kappa shape index (κ2) is 4.15. The van der Waals surface area contributed by atoms with Crippen LogP contribution in [0.25, 0.3) is 10.9 Å². The maximum absolute atomic E-state index is 14.1. The third kappa shape index (κ3) is 1.76. The van der Waals surface area contributed by atoms with Crippen molar-refractivity contribution in [1.82, 2.24) is 15.0 Å². The zero-order valence-corrected chi connectivity index (χ0v) is 12.2. The van der Waals surface area contributed by atoms with Gasteiger partial charge in [-0.25, -0.2) is 14.4 Å². The Balaban J connectivity index is 1.97. The number of rotatable bonds is 1. The summed E-state index contributed by atoms with van der Waals surface area (Å²) in [4.78, 5) is 14.5. The molecule has 2 aliphatic rings. The molecule has 2 aromatic rings. The fourth-order valence-corrected chi connectivity index (χ4v) is 3.45. The molecule has 4 rings (SSSR count). The first-order valence-electron chi connectivity index (χ1n) is 6.48. The van der Waals surface area contributed by atoms with Crippen molar-refractivity contribution in [2.45, 2.75) is 13.3 Å². The van der Waals surface area contributed by atoms with Gasteiger partial charge >= 0.3 is 0 Å². The van der Waals surface area contributed by atoms with E-state index in [0.717, 1.165) is 24.9 Å². The summed E-state index contributed by atoms with van der Waals surface area (Å²) in [7, 11) is 0. The molecule has 2 aromatic heterocycles. The number of aryl methyl sites for hydroxylation is 1. The average molecular weight is 313 g/mol. The summed E-state index contributed by atoms with van der Waals surface area (Å²) in [6.45, 7) is 3.67. The number of hydrogen-bond acceptors (Lipinski definition) is 4. The van der Waals surface area contributed by atoms with Gasteiger partial charge in [-0.2, -0.15) is 4.98 Å². The second-order valence-electron chi connectivity index (χ2n) is 5.50. The molecule has 0 bridgehead atoms. The van der Waals surface area contributed by atoms with Crippen LogP contribution in [0.3, 0.4) is 0 Å². The fraction of sp³-hybridized carbons (Fsp3) is 0.462. The smallest absolute Gasteiger partial charge is 0.225 e. The van der Waals surface area contributed by atoms with Crippen LogP contribution in [0.15, 0.2) is 0 Å². The summed E-state index contributed by atoms with van der Waals surface area (Å²) in [6.07, 6.45) is 1.28. The molecule has 1 aliphatic carbocycles. The highest BCUT2D eigenvalue weighted by atomic mass is 35.5. The average Bonchev–Trinajstić information content (AvgIpc) is 3.01. The molecule has 0 spiro atoms. The second-order valence-corrected chi connectivity index (χ2v) is 6.20. The third-order valence-electron chi connectivity index (χ3n) is 4.16. The van der Waals surface area contributed by atoms with Crippen molar-refractivity contribution in [2.24, 2.45) is 11.8 Å². The maximum atomic E-state index is 14.1. The predicted molar refractivity (Wildman–Crippen MR) is 75.9 cm³/mol. The molecule has 0 N–H and O–H groups in total. The molecule has 0 radical (unpaired) electrons. The standard InChI is InChI=1S/C13H11Cl2FN4/c1-5-8-10(9(16)11(14)17-5)18-13(15)19-12(8)20-3-6-2-7(6)4-20/h6-7H,2-4H2,1H3.